The Morgan fingerprint density at radius 2 is 1.53 bits per heavy atom. The Morgan fingerprint density at radius 1 is 0.933 bits per heavy atom. The SMILES string of the molecule is COc1cc(OC)cc(OCC(=O)Nc2cc(S(=O)(=O)NC(C)C)ccc2OC)c1. The van der Waals surface area contributed by atoms with Crippen molar-refractivity contribution in [2.45, 2.75) is 24.8 Å². The Kier molecular flexibility index (Phi) is 7.90. The molecule has 2 rings (SSSR count). The molecular weight excluding hydrogens is 412 g/mol. The number of rotatable bonds is 10. The average molecular weight is 439 g/mol. The minimum Gasteiger partial charge on any atom is -0.496 e. The quantitative estimate of drug-likeness (QED) is 0.586. The van der Waals surface area contributed by atoms with Crippen LogP contribution in [0.1, 0.15) is 13.8 Å². The van der Waals surface area contributed by atoms with Gasteiger partial charge in [0.2, 0.25) is 10.0 Å². The van der Waals surface area contributed by atoms with Gasteiger partial charge in [0.25, 0.3) is 5.91 Å². The molecule has 2 N–H and O–H groups in total. The van der Waals surface area contributed by atoms with Crippen LogP contribution in [0.5, 0.6) is 23.0 Å². The van der Waals surface area contributed by atoms with E-state index in [-0.39, 0.29) is 23.2 Å². The van der Waals surface area contributed by atoms with Gasteiger partial charge in [-0.1, -0.05) is 0 Å². The second-order valence-electron chi connectivity index (χ2n) is 6.52. The molecule has 0 aliphatic carbocycles. The van der Waals surface area contributed by atoms with Crippen LogP contribution in [0.15, 0.2) is 41.3 Å². The number of sulfonamides is 1. The zero-order valence-electron chi connectivity index (χ0n) is 17.5. The summed E-state index contributed by atoms with van der Waals surface area (Å²) in [5, 5.41) is 2.61. The van der Waals surface area contributed by atoms with Gasteiger partial charge in [-0.25, -0.2) is 13.1 Å². The Hall–Kier alpha value is -2.98. The molecular formula is C20H26N2O7S. The second kappa shape index (κ2) is 10.2. The van der Waals surface area contributed by atoms with Crippen molar-refractivity contribution in [3.8, 4) is 23.0 Å². The van der Waals surface area contributed by atoms with E-state index in [0.29, 0.717) is 23.0 Å². The van der Waals surface area contributed by atoms with Gasteiger partial charge in [0.15, 0.2) is 6.61 Å². The number of methoxy groups -OCH3 is 3. The first-order valence-corrected chi connectivity index (χ1v) is 10.5. The molecule has 0 saturated carbocycles. The van der Waals surface area contributed by atoms with E-state index in [2.05, 4.69) is 10.0 Å². The van der Waals surface area contributed by atoms with Gasteiger partial charge in [-0.05, 0) is 32.0 Å². The smallest absolute Gasteiger partial charge is 0.262 e. The molecule has 1 amide bonds. The van der Waals surface area contributed by atoms with Crippen molar-refractivity contribution >= 4 is 21.6 Å². The number of amides is 1. The molecule has 0 radical (unpaired) electrons. The fourth-order valence-electron chi connectivity index (χ4n) is 2.53. The first-order chi connectivity index (χ1) is 14.2. The summed E-state index contributed by atoms with van der Waals surface area (Å²) in [6, 6.07) is 8.83. The lowest BCUT2D eigenvalue weighted by Gasteiger charge is -2.14. The molecule has 0 aliphatic heterocycles. The molecule has 0 bridgehead atoms. The molecule has 30 heavy (non-hydrogen) atoms. The van der Waals surface area contributed by atoms with Gasteiger partial charge in [-0.3, -0.25) is 4.79 Å². The molecule has 0 fully saturated rings. The molecule has 2 aromatic rings. The molecule has 0 spiro atoms. The minimum atomic E-state index is -3.73. The zero-order chi connectivity index (χ0) is 22.3. The molecule has 9 nitrogen and oxygen atoms in total. The lowest BCUT2D eigenvalue weighted by atomic mass is 10.3. The lowest BCUT2D eigenvalue weighted by molar-refractivity contribution is -0.118. The van der Waals surface area contributed by atoms with Crippen molar-refractivity contribution in [3.05, 3.63) is 36.4 Å². The molecule has 2 aromatic carbocycles. The van der Waals surface area contributed by atoms with E-state index in [0.717, 1.165) is 0 Å². The third-order valence-electron chi connectivity index (χ3n) is 3.84. The topological polar surface area (TPSA) is 112 Å². The second-order valence-corrected chi connectivity index (χ2v) is 8.24. The highest BCUT2D eigenvalue weighted by atomic mass is 32.2. The van der Waals surface area contributed by atoms with Gasteiger partial charge in [-0.15, -0.1) is 0 Å². The highest BCUT2D eigenvalue weighted by molar-refractivity contribution is 7.89. The highest BCUT2D eigenvalue weighted by Crippen LogP contribution is 2.29. The van der Waals surface area contributed by atoms with Crippen LogP contribution in [0.3, 0.4) is 0 Å². The third kappa shape index (κ3) is 6.26. The molecule has 0 aromatic heterocycles. The van der Waals surface area contributed by atoms with E-state index in [1.165, 1.54) is 39.5 Å². The first kappa shape index (κ1) is 23.3. The number of ether oxygens (including phenoxy) is 4. The van der Waals surface area contributed by atoms with E-state index >= 15 is 0 Å². The summed E-state index contributed by atoms with van der Waals surface area (Å²) >= 11 is 0. The van der Waals surface area contributed by atoms with Crippen molar-refractivity contribution in [2.24, 2.45) is 0 Å². The normalized spacial score (nSPS) is 11.1. The number of hydrogen-bond donors (Lipinski definition) is 2. The summed E-state index contributed by atoms with van der Waals surface area (Å²) in [5.41, 5.74) is 0.209. The van der Waals surface area contributed by atoms with E-state index in [9.17, 15) is 13.2 Å². The largest absolute Gasteiger partial charge is 0.496 e. The van der Waals surface area contributed by atoms with Gasteiger partial charge in [0, 0.05) is 24.2 Å². The third-order valence-corrected chi connectivity index (χ3v) is 5.50. The molecule has 0 heterocycles. The number of carbonyl (C=O) groups is 1. The zero-order valence-corrected chi connectivity index (χ0v) is 18.3. The Bertz CT molecular complexity index is 968. The van der Waals surface area contributed by atoms with Crippen molar-refractivity contribution in [2.75, 3.05) is 33.3 Å². The number of hydrogen-bond acceptors (Lipinski definition) is 7. The van der Waals surface area contributed by atoms with Crippen LogP contribution in [0.25, 0.3) is 0 Å². The molecule has 0 aliphatic rings. The van der Waals surface area contributed by atoms with Crippen LogP contribution >= 0.6 is 0 Å². The summed E-state index contributed by atoms with van der Waals surface area (Å²) in [7, 11) is 0.705. The standard InChI is InChI=1S/C20H26N2O7S/c1-13(2)22-30(24,25)17-6-7-19(28-5)18(11-17)21-20(23)12-29-16-9-14(26-3)8-15(10-16)27-4/h6-11,13,22H,12H2,1-5H3,(H,21,23). The maximum absolute atomic E-state index is 12.4. The molecule has 164 valence electrons. The van der Waals surface area contributed by atoms with E-state index in [1.54, 1.807) is 32.0 Å². The van der Waals surface area contributed by atoms with Gasteiger partial charge in [0.05, 0.1) is 31.9 Å². The monoisotopic (exact) mass is 438 g/mol. The summed E-state index contributed by atoms with van der Waals surface area (Å²) in [6.07, 6.45) is 0. The summed E-state index contributed by atoms with van der Waals surface area (Å²) in [4.78, 5) is 12.4. The molecule has 0 atom stereocenters. The van der Waals surface area contributed by atoms with E-state index in [1.807, 2.05) is 0 Å². The minimum absolute atomic E-state index is 0.00532. The molecule has 0 unspecified atom stereocenters. The van der Waals surface area contributed by atoms with Crippen molar-refractivity contribution in [1.82, 2.24) is 4.72 Å². The van der Waals surface area contributed by atoms with Crippen molar-refractivity contribution < 1.29 is 32.2 Å². The first-order valence-electron chi connectivity index (χ1n) is 9.04. The number of benzene rings is 2. The molecule has 10 heteroatoms. The van der Waals surface area contributed by atoms with Crippen LogP contribution in [-0.4, -0.2) is 48.3 Å². The maximum atomic E-state index is 12.4. The Morgan fingerprint density at radius 3 is 2.07 bits per heavy atom. The predicted molar refractivity (Wildman–Crippen MR) is 112 cm³/mol. The average Bonchev–Trinajstić information content (AvgIpc) is 2.70. The van der Waals surface area contributed by atoms with Crippen LogP contribution < -0.4 is 29.0 Å². The van der Waals surface area contributed by atoms with E-state index < -0.39 is 15.9 Å². The van der Waals surface area contributed by atoms with Crippen molar-refractivity contribution in [1.29, 1.82) is 0 Å². The van der Waals surface area contributed by atoms with Crippen LogP contribution in [-0.2, 0) is 14.8 Å². The van der Waals surface area contributed by atoms with Gasteiger partial charge >= 0.3 is 0 Å². The van der Waals surface area contributed by atoms with Crippen molar-refractivity contribution in [3.63, 3.8) is 0 Å². The number of anilines is 1. The lowest BCUT2D eigenvalue weighted by Crippen LogP contribution is -2.30. The maximum Gasteiger partial charge on any atom is 0.262 e. The Labute approximate surface area is 176 Å². The number of nitrogens with one attached hydrogen (secondary N) is 2. The summed E-state index contributed by atoms with van der Waals surface area (Å²) in [5.74, 6) is 1.23. The fourth-order valence-corrected chi connectivity index (χ4v) is 3.81. The molecule has 0 saturated heterocycles. The Balaban J connectivity index is 2.15. The fraction of sp³-hybridized carbons (Fsp3) is 0.350. The summed E-state index contributed by atoms with van der Waals surface area (Å²) < 4.78 is 48.3. The van der Waals surface area contributed by atoms with Crippen LogP contribution in [0, 0.1) is 0 Å². The van der Waals surface area contributed by atoms with Crippen LogP contribution in [0.2, 0.25) is 0 Å². The summed E-state index contributed by atoms with van der Waals surface area (Å²) in [6.45, 7) is 3.12. The highest BCUT2D eigenvalue weighted by Gasteiger charge is 2.18. The van der Waals surface area contributed by atoms with Crippen LogP contribution in [0.4, 0.5) is 5.69 Å². The van der Waals surface area contributed by atoms with Gasteiger partial charge in [0.1, 0.15) is 23.0 Å². The van der Waals surface area contributed by atoms with Gasteiger partial charge in [-0.2, -0.15) is 0 Å². The predicted octanol–water partition coefficient (Wildman–Crippen LogP) is 2.42. The van der Waals surface area contributed by atoms with E-state index in [4.69, 9.17) is 18.9 Å². The number of carbonyl (C=O) groups excluding carboxylic acids is 1. The van der Waals surface area contributed by atoms with Gasteiger partial charge < -0.3 is 24.3 Å².